The molecule has 3 heterocycles. The third kappa shape index (κ3) is 10.9. The average Bonchev–Trinajstić information content (AvgIpc) is 3.81. The first-order valence-electron chi connectivity index (χ1n) is 19.8. The van der Waals surface area contributed by atoms with Crippen molar-refractivity contribution >= 4 is 52.1 Å². The maximum absolute atomic E-state index is 13.6. The predicted molar refractivity (Wildman–Crippen MR) is 220 cm³/mol. The van der Waals surface area contributed by atoms with Crippen molar-refractivity contribution in [2.75, 3.05) is 31.3 Å². The normalized spacial score (nSPS) is 34.7. The Bertz CT molecular complexity index is 1910. The van der Waals surface area contributed by atoms with Gasteiger partial charge in [-0.25, -0.2) is 0 Å². The summed E-state index contributed by atoms with van der Waals surface area (Å²) in [5, 5.41) is 77.1. The zero-order valence-electron chi connectivity index (χ0n) is 33.6. The summed E-state index contributed by atoms with van der Waals surface area (Å²) in [5.74, 6) is -0.496. The van der Waals surface area contributed by atoms with E-state index in [1.165, 1.54) is 18.7 Å². The van der Waals surface area contributed by atoms with Crippen molar-refractivity contribution in [3.63, 3.8) is 0 Å². The van der Waals surface area contributed by atoms with Gasteiger partial charge in [-0.1, -0.05) is 42.8 Å². The topological polar surface area (TPSA) is 285 Å². The summed E-state index contributed by atoms with van der Waals surface area (Å²) in [6, 6.07) is 10.2. The van der Waals surface area contributed by atoms with E-state index in [1.54, 1.807) is 29.2 Å². The number of aryl methyl sites for hydroxylation is 1. The number of halogens is 1. The Kier molecular flexibility index (Phi) is 16.2. The smallest absolute Gasteiger partial charge is 0.271 e. The highest BCUT2D eigenvalue weighted by Gasteiger charge is 2.54. The number of amidine groups is 1. The number of carbonyl (C=O) groups is 2. The number of carbonyl (C=O) groups excluding carboxylic acids is 2. The van der Waals surface area contributed by atoms with Crippen molar-refractivity contribution < 1.29 is 73.8 Å². The summed E-state index contributed by atoms with van der Waals surface area (Å²) in [7, 11) is 0. The van der Waals surface area contributed by atoms with Gasteiger partial charge in [0.1, 0.15) is 61.2 Å². The van der Waals surface area contributed by atoms with Gasteiger partial charge in [-0.05, 0) is 66.9 Å². The lowest BCUT2D eigenvalue weighted by Gasteiger charge is -2.42. The molecule has 0 aromatic heterocycles. The minimum atomic E-state index is -1.73. The van der Waals surface area contributed by atoms with E-state index in [9.17, 15) is 45.3 Å². The van der Waals surface area contributed by atoms with Gasteiger partial charge in [0.2, 0.25) is 5.91 Å². The number of nitrogens with two attached hydrogens (primary N) is 1. The number of anilines is 1. The van der Waals surface area contributed by atoms with E-state index in [0.29, 0.717) is 22.2 Å². The Labute approximate surface area is 361 Å². The van der Waals surface area contributed by atoms with Crippen LogP contribution in [0, 0.1) is 6.92 Å². The standard InChI is InChI=1S/C40H53ClN4O15S/c1-4-11-43-40-45(24-8-6-5-7-18(24)2)36(53)28(61-40)13-20-9-10-25(22(41)12-20)55-16-21(48)17-56-39-35(59-38-32(51)29(42)37(54)60-38)34(27(15-46)58-39)57-26-14-23(44-19(3)47)30(49)33(52)31(26)50/h5-10,12-13,21,23,26-27,29-35,37-39,46,48-52,54H,4,11,14-17,42H2,1-3H3,(H,44,47)/b28-13-,43-40?/t21-,23+,26?,27+,29-,30+,31-,32-,33-,34-,35+,37-,38+,39?/m0/s1. The lowest BCUT2D eigenvalue weighted by Crippen LogP contribution is -2.62. The molecule has 21 heteroatoms. The Morgan fingerprint density at radius 2 is 1.80 bits per heavy atom. The van der Waals surface area contributed by atoms with E-state index in [4.69, 9.17) is 45.8 Å². The van der Waals surface area contributed by atoms with Crippen molar-refractivity contribution in [2.45, 2.75) is 120 Å². The second-order valence-corrected chi connectivity index (χ2v) is 16.5. The highest BCUT2D eigenvalue weighted by molar-refractivity contribution is 8.19. The number of ether oxygens (including phenoxy) is 6. The molecule has 2 aromatic rings. The molecule has 0 radical (unpaired) electrons. The van der Waals surface area contributed by atoms with Gasteiger partial charge in [0.05, 0.1) is 47.0 Å². The molecule has 6 rings (SSSR count). The molecule has 2 unspecified atom stereocenters. The van der Waals surface area contributed by atoms with E-state index in [2.05, 4.69) is 10.3 Å². The van der Waals surface area contributed by atoms with E-state index < -0.39 is 105 Å². The molecule has 0 bridgehead atoms. The molecule has 4 aliphatic rings. The van der Waals surface area contributed by atoms with E-state index in [0.717, 1.165) is 17.7 Å². The molecule has 19 nitrogen and oxygen atoms in total. The quantitative estimate of drug-likeness (QED) is 0.0961. The number of nitrogens with one attached hydrogen (secondary N) is 1. The average molecular weight is 897 g/mol. The van der Waals surface area contributed by atoms with Crippen LogP contribution in [0.5, 0.6) is 5.75 Å². The third-order valence-corrected chi connectivity index (χ3v) is 11.8. The van der Waals surface area contributed by atoms with Crippen molar-refractivity contribution in [3.05, 3.63) is 63.5 Å². The first kappa shape index (κ1) is 47.2. The summed E-state index contributed by atoms with van der Waals surface area (Å²) in [6.07, 6.45) is -15.1. The highest BCUT2D eigenvalue weighted by atomic mass is 35.5. The minimum Gasteiger partial charge on any atom is -0.489 e. The molecule has 10 N–H and O–H groups in total. The molecule has 3 saturated heterocycles. The zero-order valence-corrected chi connectivity index (χ0v) is 35.2. The fourth-order valence-corrected chi connectivity index (χ4v) is 8.51. The molecular formula is C40H53ClN4O15S. The summed E-state index contributed by atoms with van der Waals surface area (Å²) in [4.78, 5) is 32.1. The molecule has 336 valence electrons. The number of aliphatic hydroxyl groups is 7. The number of aliphatic hydroxyl groups excluding tert-OH is 7. The monoisotopic (exact) mass is 896 g/mol. The van der Waals surface area contributed by atoms with E-state index >= 15 is 0 Å². The number of hydrogen-bond acceptors (Lipinski definition) is 18. The molecule has 3 aliphatic heterocycles. The minimum absolute atomic E-state index is 0.173. The molecule has 2 aromatic carbocycles. The van der Waals surface area contributed by atoms with Gasteiger partial charge in [-0.3, -0.25) is 19.5 Å². The molecule has 0 spiro atoms. The number of rotatable bonds is 16. The highest BCUT2D eigenvalue weighted by Crippen LogP contribution is 2.39. The Hall–Kier alpha value is -3.29. The number of thioether (sulfide) groups is 1. The SMILES string of the molecule is CCCN=C1S/C(=C\c2ccc(OC[C@H](O)COC3O[C@H](CO)[C@H](OC4C[C@@H](NC(C)=O)[C@@H](O)[C@H](O)[C@H]4O)[C@H]3O[C@@H]3O[C@H](O)[C@@H](N)[C@@H]3O)c(Cl)c2)C(=O)N1c1ccccc1C. The van der Waals surface area contributed by atoms with Crippen molar-refractivity contribution in [3.8, 4) is 5.75 Å². The lowest BCUT2D eigenvalue weighted by molar-refractivity contribution is -0.270. The van der Waals surface area contributed by atoms with Crippen molar-refractivity contribution in [1.29, 1.82) is 0 Å². The zero-order chi connectivity index (χ0) is 44.1. The molecule has 61 heavy (non-hydrogen) atoms. The van der Waals surface area contributed by atoms with Crippen LogP contribution < -0.4 is 20.7 Å². The Morgan fingerprint density at radius 1 is 1.05 bits per heavy atom. The number of benzene rings is 2. The molecule has 2 amide bonds. The van der Waals surface area contributed by atoms with Crippen LogP contribution >= 0.6 is 23.4 Å². The molecule has 1 aliphatic carbocycles. The van der Waals surface area contributed by atoms with Crippen molar-refractivity contribution in [1.82, 2.24) is 5.32 Å². The second-order valence-electron chi connectivity index (χ2n) is 15.1. The first-order chi connectivity index (χ1) is 29.1. The fourth-order valence-electron chi connectivity index (χ4n) is 7.27. The summed E-state index contributed by atoms with van der Waals surface area (Å²) >= 11 is 7.86. The summed E-state index contributed by atoms with van der Waals surface area (Å²) < 4.78 is 35.0. The Morgan fingerprint density at radius 3 is 2.46 bits per heavy atom. The van der Waals surface area contributed by atoms with Gasteiger partial charge >= 0.3 is 0 Å². The fraction of sp³-hybridized carbons (Fsp3) is 0.575. The van der Waals surface area contributed by atoms with Crippen LogP contribution in [0.2, 0.25) is 5.02 Å². The van der Waals surface area contributed by atoms with Gasteiger partial charge in [0, 0.05) is 13.5 Å². The predicted octanol–water partition coefficient (Wildman–Crippen LogP) is -0.498. The van der Waals surface area contributed by atoms with Crippen LogP contribution in [0.1, 0.15) is 37.8 Å². The van der Waals surface area contributed by atoms with Crippen LogP contribution in [-0.2, 0) is 33.3 Å². The molecule has 1 saturated carbocycles. The Balaban J connectivity index is 1.11. The van der Waals surface area contributed by atoms with Crippen LogP contribution in [0.25, 0.3) is 6.08 Å². The summed E-state index contributed by atoms with van der Waals surface area (Å²) in [6.45, 7) is 4.29. The van der Waals surface area contributed by atoms with E-state index in [-0.39, 0.29) is 29.7 Å². The van der Waals surface area contributed by atoms with Gasteiger partial charge in [0.25, 0.3) is 5.91 Å². The van der Waals surface area contributed by atoms with Gasteiger partial charge in [-0.2, -0.15) is 0 Å². The van der Waals surface area contributed by atoms with E-state index in [1.807, 2.05) is 38.1 Å². The lowest BCUT2D eigenvalue weighted by atomic mass is 9.85. The van der Waals surface area contributed by atoms with Crippen LogP contribution in [0.4, 0.5) is 5.69 Å². The first-order valence-corrected chi connectivity index (χ1v) is 21.0. The van der Waals surface area contributed by atoms with Crippen LogP contribution in [0.15, 0.2) is 52.4 Å². The maximum atomic E-state index is 13.6. The molecular weight excluding hydrogens is 844 g/mol. The third-order valence-electron chi connectivity index (χ3n) is 10.5. The van der Waals surface area contributed by atoms with Gasteiger partial charge in [0.15, 0.2) is 24.0 Å². The van der Waals surface area contributed by atoms with Crippen molar-refractivity contribution in [2.24, 2.45) is 10.7 Å². The second kappa shape index (κ2) is 20.9. The molecule has 4 fully saturated rings. The van der Waals surface area contributed by atoms with Gasteiger partial charge in [-0.15, -0.1) is 0 Å². The summed E-state index contributed by atoms with van der Waals surface area (Å²) in [5.41, 5.74) is 8.11. The number of para-hydroxylation sites is 1. The van der Waals surface area contributed by atoms with Gasteiger partial charge < -0.3 is 75.2 Å². The number of nitrogens with zero attached hydrogens (tertiary/aromatic N) is 2. The van der Waals surface area contributed by atoms with Crippen LogP contribution in [0.3, 0.4) is 0 Å². The largest absolute Gasteiger partial charge is 0.489 e. The van der Waals surface area contributed by atoms with Crippen LogP contribution in [-0.4, -0.2) is 165 Å². The number of amides is 2. The molecule has 14 atom stereocenters. The number of hydrogen-bond donors (Lipinski definition) is 9. The number of aliphatic imine (C=N–C) groups is 1. The maximum Gasteiger partial charge on any atom is 0.271 e.